The van der Waals surface area contributed by atoms with Gasteiger partial charge in [0.05, 0.1) is 18.9 Å². The summed E-state index contributed by atoms with van der Waals surface area (Å²) < 4.78 is 7.40. The Labute approximate surface area is 171 Å². The Bertz CT molecular complexity index is 984. The number of carbonyl (C=O) groups excluding carboxylic acids is 1. The second-order valence-corrected chi connectivity index (χ2v) is 7.62. The highest BCUT2D eigenvalue weighted by Gasteiger charge is 2.18. The number of rotatable bonds is 7. The third kappa shape index (κ3) is 4.36. The standard InChI is InChI=1S/C22H29N5O2/c1-3-7-27-15-17(16(2)25-27)12-24-22(28)19-5-4-6-20-21(19)18(13-23-20)14-26-8-10-29-11-9-26/h4-6,13,15,23H,3,7-12,14H2,1-2H3,(H,24,28). The predicted octanol–water partition coefficient (Wildman–Crippen LogP) is 2.85. The molecule has 0 unspecified atom stereocenters. The fourth-order valence-electron chi connectivity index (χ4n) is 3.92. The Hall–Kier alpha value is -2.64. The molecule has 1 aromatic carbocycles. The summed E-state index contributed by atoms with van der Waals surface area (Å²) in [7, 11) is 0. The topological polar surface area (TPSA) is 75.2 Å². The van der Waals surface area contributed by atoms with Gasteiger partial charge in [-0.3, -0.25) is 14.4 Å². The number of morpholine rings is 1. The average Bonchev–Trinajstić information content (AvgIpc) is 3.30. The quantitative estimate of drug-likeness (QED) is 0.645. The molecule has 0 spiro atoms. The molecule has 4 rings (SSSR count). The van der Waals surface area contributed by atoms with Crippen molar-refractivity contribution in [3.05, 3.63) is 53.0 Å². The van der Waals surface area contributed by atoms with Crippen LogP contribution in [0.1, 0.15) is 40.5 Å². The van der Waals surface area contributed by atoms with E-state index in [1.165, 1.54) is 0 Å². The first-order valence-corrected chi connectivity index (χ1v) is 10.4. The number of ether oxygens (including phenoxy) is 1. The molecule has 0 saturated carbocycles. The lowest BCUT2D eigenvalue weighted by molar-refractivity contribution is 0.0343. The van der Waals surface area contributed by atoms with E-state index in [9.17, 15) is 4.79 Å². The van der Waals surface area contributed by atoms with Crippen LogP contribution in [0.2, 0.25) is 0 Å². The molecule has 0 atom stereocenters. The molecule has 0 bridgehead atoms. The zero-order chi connectivity index (χ0) is 20.2. The van der Waals surface area contributed by atoms with Gasteiger partial charge in [0.1, 0.15) is 0 Å². The number of hydrogen-bond acceptors (Lipinski definition) is 4. The fourth-order valence-corrected chi connectivity index (χ4v) is 3.92. The molecule has 1 amide bonds. The number of carbonyl (C=O) groups is 1. The van der Waals surface area contributed by atoms with Crippen molar-refractivity contribution in [2.24, 2.45) is 0 Å². The number of nitrogens with zero attached hydrogens (tertiary/aromatic N) is 3. The zero-order valence-corrected chi connectivity index (χ0v) is 17.2. The highest BCUT2D eigenvalue weighted by molar-refractivity contribution is 6.07. The van der Waals surface area contributed by atoms with E-state index in [2.05, 4.69) is 27.2 Å². The summed E-state index contributed by atoms with van der Waals surface area (Å²) in [4.78, 5) is 18.7. The monoisotopic (exact) mass is 395 g/mol. The summed E-state index contributed by atoms with van der Waals surface area (Å²) in [5.41, 5.74) is 4.88. The molecule has 3 heterocycles. The SMILES string of the molecule is CCCn1cc(CNC(=O)c2cccc3[nH]cc(CN4CCOCC4)c23)c(C)n1. The largest absolute Gasteiger partial charge is 0.379 e. The lowest BCUT2D eigenvalue weighted by Gasteiger charge is -2.26. The summed E-state index contributed by atoms with van der Waals surface area (Å²) in [5.74, 6) is -0.0546. The van der Waals surface area contributed by atoms with Crippen LogP contribution >= 0.6 is 0 Å². The second-order valence-electron chi connectivity index (χ2n) is 7.62. The number of aromatic nitrogens is 3. The summed E-state index contributed by atoms with van der Waals surface area (Å²) >= 11 is 0. The van der Waals surface area contributed by atoms with Gasteiger partial charge in [-0.25, -0.2) is 0 Å². The Balaban J connectivity index is 1.52. The van der Waals surface area contributed by atoms with Crippen molar-refractivity contribution in [1.29, 1.82) is 0 Å². The molecule has 2 aromatic heterocycles. The smallest absolute Gasteiger partial charge is 0.252 e. The molecule has 2 N–H and O–H groups in total. The first kappa shape index (κ1) is 19.7. The van der Waals surface area contributed by atoms with Crippen molar-refractivity contribution in [2.45, 2.75) is 39.9 Å². The Morgan fingerprint density at radius 1 is 1.28 bits per heavy atom. The lowest BCUT2D eigenvalue weighted by atomic mass is 10.0. The Morgan fingerprint density at radius 3 is 2.90 bits per heavy atom. The molecule has 1 aliphatic rings. The predicted molar refractivity (Wildman–Crippen MR) is 113 cm³/mol. The minimum absolute atomic E-state index is 0.0546. The minimum atomic E-state index is -0.0546. The molecule has 1 aliphatic heterocycles. The Morgan fingerprint density at radius 2 is 2.10 bits per heavy atom. The van der Waals surface area contributed by atoms with E-state index >= 15 is 0 Å². The maximum Gasteiger partial charge on any atom is 0.252 e. The van der Waals surface area contributed by atoms with Crippen LogP contribution in [0.4, 0.5) is 0 Å². The first-order chi connectivity index (χ1) is 14.2. The number of amides is 1. The number of hydrogen-bond donors (Lipinski definition) is 2. The number of aromatic amines is 1. The molecule has 7 nitrogen and oxygen atoms in total. The highest BCUT2D eigenvalue weighted by Crippen LogP contribution is 2.24. The van der Waals surface area contributed by atoms with Crippen LogP contribution in [0.25, 0.3) is 10.9 Å². The molecule has 0 aliphatic carbocycles. The third-order valence-corrected chi connectivity index (χ3v) is 5.47. The fraction of sp³-hybridized carbons (Fsp3) is 0.455. The molecule has 1 fully saturated rings. The maximum atomic E-state index is 13.0. The number of fused-ring (bicyclic) bond motifs is 1. The third-order valence-electron chi connectivity index (χ3n) is 5.47. The van der Waals surface area contributed by atoms with E-state index in [4.69, 9.17) is 4.74 Å². The van der Waals surface area contributed by atoms with Crippen molar-refractivity contribution >= 4 is 16.8 Å². The first-order valence-electron chi connectivity index (χ1n) is 10.4. The molecule has 7 heteroatoms. The van der Waals surface area contributed by atoms with Crippen molar-refractivity contribution < 1.29 is 9.53 Å². The summed E-state index contributed by atoms with van der Waals surface area (Å²) in [6, 6.07) is 5.85. The van der Waals surface area contributed by atoms with Gasteiger partial charge in [0.15, 0.2) is 0 Å². The van der Waals surface area contributed by atoms with E-state index in [-0.39, 0.29) is 5.91 Å². The number of nitrogens with one attached hydrogen (secondary N) is 2. The van der Waals surface area contributed by atoms with E-state index in [0.717, 1.165) is 73.5 Å². The molecule has 29 heavy (non-hydrogen) atoms. The molecule has 0 radical (unpaired) electrons. The van der Waals surface area contributed by atoms with Crippen molar-refractivity contribution in [3.63, 3.8) is 0 Å². The number of aryl methyl sites for hydroxylation is 2. The van der Waals surface area contributed by atoms with Gasteiger partial charge in [-0.1, -0.05) is 13.0 Å². The summed E-state index contributed by atoms with van der Waals surface area (Å²) in [5, 5.41) is 8.61. The van der Waals surface area contributed by atoms with Gasteiger partial charge in [-0.15, -0.1) is 0 Å². The van der Waals surface area contributed by atoms with Crippen molar-refractivity contribution in [3.8, 4) is 0 Å². The number of H-pyrrole nitrogens is 1. The normalized spacial score (nSPS) is 15.1. The van der Waals surface area contributed by atoms with Crippen LogP contribution in [-0.2, 0) is 24.4 Å². The van der Waals surface area contributed by atoms with Gasteiger partial charge in [0.2, 0.25) is 0 Å². The van der Waals surface area contributed by atoms with Crippen LogP contribution < -0.4 is 5.32 Å². The van der Waals surface area contributed by atoms with E-state index in [1.807, 2.05) is 42.2 Å². The lowest BCUT2D eigenvalue weighted by Crippen LogP contribution is -2.35. The van der Waals surface area contributed by atoms with Crippen LogP contribution in [0.5, 0.6) is 0 Å². The van der Waals surface area contributed by atoms with Gasteiger partial charge in [-0.05, 0) is 31.0 Å². The summed E-state index contributed by atoms with van der Waals surface area (Å²) in [6.07, 6.45) is 5.09. The van der Waals surface area contributed by atoms with Gasteiger partial charge < -0.3 is 15.0 Å². The van der Waals surface area contributed by atoms with E-state index in [1.54, 1.807) is 0 Å². The van der Waals surface area contributed by atoms with Crippen LogP contribution in [0.15, 0.2) is 30.6 Å². The van der Waals surface area contributed by atoms with Gasteiger partial charge >= 0.3 is 0 Å². The summed E-state index contributed by atoms with van der Waals surface area (Å²) in [6.45, 7) is 9.67. The zero-order valence-electron chi connectivity index (χ0n) is 17.2. The molecule has 1 saturated heterocycles. The van der Waals surface area contributed by atoms with E-state index < -0.39 is 0 Å². The van der Waals surface area contributed by atoms with Gasteiger partial charge in [0.25, 0.3) is 5.91 Å². The highest BCUT2D eigenvalue weighted by atomic mass is 16.5. The van der Waals surface area contributed by atoms with Gasteiger partial charge in [-0.2, -0.15) is 5.10 Å². The van der Waals surface area contributed by atoms with Crippen LogP contribution in [0.3, 0.4) is 0 Å². The van der Waals surface area contributed by atoms with Gasteiger partial charge in [0, 0.05) is 67.1 Å². The van der Waals surface area contributed by atoms with Crippen LogP contribution in [-0.4, -0.2) is 51.9 Å². The molecule has 154 valence electrons. The second kappa shape index (κ2) is 8.80. The van der Waals surface area contributed by atoms with Crippen LogP contribution in [0, 0.1) is 6.92 Å². The number of benzene rings is 1. The molecular weight excluding hydrogens is 366 g/mol. The van der Waals surface area contributed by atoms with Crippen molar-refractivity contribution in [2.75, 3.05) is 26.3 Å². The Kier molecular flexibility index (Phi) is 5.97. The van der Waals surface area contributed by atoms with Crippen molar-refractivity contribution in [1.82, 2.24) is 25.0 Å². The maximum absolute atomic E-state index is 13.0. The van der Waals surface area contributed by atoms with E-state index in [0.29, 0.717) is 12.1 Å². The minimum Gasteiger partial charge on any atom is -0.379 e. The average molecular weight is 396 g/mol. The molecular formula is C22H29N5O2. The molecule has 3 aromatic rings.